The van der Waals surface area contributed by atoms with E-state index in [1.165, 1.54) is 35.4 Å². The number of rotatable bonds is 6. The lowest BCUT2D eigenvalue weighted by molar-refractivity contribution is -0.121. The number of likely N-dealkylation sites (tertiary alicyclic amines) is 1. The molecule has 11 heteroatoms. The minimum atomic E-state index is -4.14. The number of carbonyl (C=O) groups is 2. The van der Waals surface area contributed by atoms with E-state index >= 15 is 0 Å². The van der Waals surface area contributed by atoms with Gasteiger partial charge in [0, 0.05) is 17.9 Å². The third-order valence-electron chi connectivity index (χ3n) is 5.40. The van der Waals surface area contributed by atoms with Crippen LogP contribution in [0.3, 0.4) is 0 Å². The summed E-state index contributed by atoms with van der Waals surface area (Å²) in [6.45, 7) is 0.433. The molecule has 0 spiro atoms. The van der Waals surface area contributed by atoms with E-state index < -0.39 is 32.6 Å². The fourth-order valence-corrected chi connectivity index (χ4v) is 4.76. The quantitative estimate of drug-likeness (QED) is 0.544. The standard InChI is InChI=1S/C23H21F2N3O5S/c24-18-11-10-17(14-19(18)25)34(31,32)27-16-8-6-15(7-9-16)26-22(29)20-4-1-2-12-28(20)23(30)21-5-3-13-33-21/h3,5-11,13-14,20,27H,1-2,4,12H2,(H,26,29). The maximum Gasteiger partial charge on any atom is 0.290 e. The normalized spacial score (nSPS) is 16.2. The second-order valence-electron chi connectivity index (χ2n) is 7.74. The third-order valence-corrected chi connectivity index (χ3v) is 6.78. The van der Waals surface area contributed by atoms with Crippen LogP contribution in [-0.2, 0) is 14.8 Å². The number of carbonyl (C=O) groups excluding carboxylic acids is 2. The molecule has 2 N–H and O–H groups in total. The van der Waals surface area contributed by atoms with Crippen molar-refractivity contribution in [2.45, 2.75) is 30.2 Å². The first kappa shape index (κ1) is 23.4. The summed E-state index contributed by atoms with van der Waals surface area (Å²) in [5.74, 6) is -2.98. The summed E-state index contributed by atoms with van der Waals surface area (Å²) in [5.41, 5.74) is 0.562. The van der Waals surface area contributed by atoms with Crippen LogP contribution >= 0.6 is 0 Å². The predicted molar refractivity (Wildman–Crippen MR) is 120 cm³/mol. The molecule has 3 aromatic rings. The molecule has 8 nitrogen and oxygen atoms in total. The maximum absolute atomic E-state index is 13.4. The Hall–Kier alpha value is -3.73. The zero-order valence-electron chi connectivity index (χ0n) is 17.8. The lowest BCUT2D eigenvalue weighted by Crippen LogP contribution is -2.49. The molecule has 2 amide bonds. The van der Waals surface area contributed by atoms with Crippen LogP contribution in [0.4, 0.5) is 20.2 Å². The summed E-state index contributed by atoms with van der Waals surface area (Å²) in [7, 11) is -4.14. The molecule has 1 saturated heterocycles. The minimum absolute atomic E-state index is 0.162. The molecule has 0 radical (unpaired) electrons. The minimum Gasteiger partial charge on any atom is -0.459 e. The number of piperidine rings is 1. The average Bonchev–Trinajstić information content (AvgIpc) is 3.36. The van der Waals surface area contributed by atoms with Gasteiger partial charge in [0.1, 0.15) is 6.04 Å². The van der Waals surface area contributed by atoms with Crippen LogP contribution in [-0.4, -0.2) is 37.7 Å². The van der Waals surface area contributed by atoms with Gasteiger partial charge in [-0.2, -0.15) is 0 Å². The Morgan fingerprint density at radius 1 is 0.971 bits per heavy atom. The van der Waals surface area contributed by atoms with Gasteiger partial charge in [0.15, 0.2) is 17.4 Å². The first-order valence-electron chi connectivity index (χ1n) is 10.5. The third kappa shape index (κ3) is 5.09. The van der Waals surface area contributed by atoms with Crippen molar-refractivity contribution in [1.29, 1.82) is 0 Å². The Kier molecular flexibility index (Phi) is 6.64. The van der Waals surface area contributed by atoms with Crippen LogP contribution in [0.2, 0.25) is 0 Å². The van der Waals surface area contributed by atoms with Crippen molar-refractivity contribution in [3.8, 4) is 0 Å². The van der Waals surface area contributed by atoms with Gasteiger partial charge in [0.25, 0.3) is 15.9 Å². The lowest BCUT2D eigenvalue weighted by Gasteiger charge is -2.34. The number of hydrogen-bond donors (Lipinski definition) is 2. The Balaban J connectivity index is 1.43. The molecule has 34 heavy (non-hydrogen) atoms. The van der Waals surface area contributed by atoms with E-state index in [-0.39, 0.29) is 23.3 Å². The Labute approximate surface area is 194 Å². The second-order valence-corrected chi connectivity index (χ2v) is 9.42. The number of sulfonamides is 1. The number of furan rings is 1. The molecule has 178 valence electrons. The predicted octanol–water partition coefficient (Wildman–Crippen LogP) is 3.99. The van der Waals surface area contributed by atoms with Crippen LogP contribution < -0.4 is 10.0 Å². The number of anilines is 2. The molecular formula is C23H21F2N3O5S. The monoisotopic (exact) mass is 489 g/mol. The largest absolute Gasteiger partial charge is 0.459 e. The highest BCUT2D eigenvalue weighted by Gasteiger charge is 2.33. The van der Waals surface area contributed by atoms with Crippen molar-refractivity contribution >= 4 is 33.2 Å². The van der Waals surface area contributed by atoms with Crippen LogP contribution in [0.25, 0.3) is 0 Å². The number of hydrogen-bond acceptors (Lipinski definition) is 5. The molecule has 0 bridgehead atoms. The van der Waals surface area contributed by atoms with Gasteiger partial charge in [-0.15, -0.1) is 0 Å². The smallest absolute Gasteiger partial charge is 0.290 e. The molecule has 1 unspecified atom stereocenters. The lowest BCUT2D eigenvalue weighted by atomic mass is 10.0. The van der Waals surface area contributed by atoms with Gasteiger partial charge >= 0.3 is 0 Å². The van der Waals surface area contributed by atoms with Gasteiger partial charge in [0.2, 0.25) is 5.91 Å². The zero-order valence-corrected chi connectivity index (χ0v) is 18.6. The van der Waals surface area contributed by atoms with E-state index in [0.717, 1.165) is 25.0 Å². The molecule has 2 heterocycles. The molecule has 1 aliphatic heterocycles. The van der Waals surface area contributed by atoms with Crippen molar-refractivity contribution in [3.05, 3.63) is 78.3 Å². The van der Waals surface area contributed by atoms with Crippen molar-refractivity contribution < 1.29 is 31.2 Å². The fourth-order valence-electron chi connectivity index (χ4n) is 3.69. The van der Waals surface area contributed by atoms with Gasteiger partial charge in [-0.05, 0) is 73.9 Å². The molecule has 0 saturated carbocycles. The summed E-state index contributed by atoms with van der Waals surface area (Å²) in [5, 5.41) is 2.75. The highest BCUT2D eigenvalue weighted by Crippen LogP contribution is 2.23. The number of benzene rings is 2. The molecule has 0 aliphatic carbocycles. The Bertz CT molecular complexity index is 1290. The molecule has 2 aromatic carbocycles. The maximum atomic E-state index is 13.4. The second kappa shape index (κ2) is 9.64. The number of halogens is 2. The molecule has 4 rings (SSSR count). The topological polar surface area (TPSA) is 109 Å². The molecule has 1 aromatic heterocycles. The number of nitrogens with zero attached hydrogens (tertiary/aromatic N) is 1. The highest BCUT2D eigenvalue weighted by atomic mass is 32.2. The Morgan fingerprint density at radius 3 is 2.38 bits per heavy atom. The van der Waals surface area contributed by atoms with Crippen LogP contribution in [0.5, 0.6) is 0 Å². The summed E-state index contributed by atoms with van der Waals surface area (Å²) in [6.07, 6.45) is 3.48. The SMILES string of the molecule is O=C(Nc1ccc(NS(=O)(=O)c2ccc(F)c(F)c2)cc1)C1CCCCN1C(=O)c1ccco1. The van der Waals surface area contributed by atoms with Crippen molar-refractivity contribution in [2.75, 3.05) is 16.6 Å². The molecule has 1 aliphatic rings. The number of amides is 2. The summed E-state index contributed by atoms with van der Waals surface area (Å²) in [4.78, 5) is 26.7. The molecule has 1 atom stereocenters. The Morgan fingerprint density at radius 2 is 1.71 bits per heavy atom. The molecular weight excluding hydrogens is 468 g/mol. The van der Waals surface area contributed by atoms with Gasteiger partial charge in [-0.3, -0.25) is 14.3 Å². The van der Waals surface area contributed by atoms with Gasteiger partial charge in [-0.1, -0.05) is 0 Å². The highest BCUT2D eigenvalue weighted by molar-refractivity contribution is 7.92. The van der Waals surface area contributed by atoms with E-state index in [1.54, 1.807) is 12.1 Å². The van der Waals surface area contributed by atoms with E-state index in [1.807, 2.05) is 0 Å². The van der Waals surface area contributed by atoms with Gasteiger partial charge in [0.05, 0.1) is 11.2 Å². The summed E-state index contributed by atoms with van der Waals surface area (Å²) in [6, 6.07) is 10.6. The fraction of sp³-hybridized carbons (Fsp3) is 0.217. The van der Waals surface area contributed by atoms with Crippen LogP contribution in [0, 0.1) is 11.6 Å². The van der Waals surface area contributed by atoms with Crippen molar-refractivity contribution in [1.82, 2.24) is 4.90 Å². The van der Waals surface area contributed by atoms with Crippen LogP contribution in [0.1, 0.15) is 29.8 Å². The van der Waals surface area contributed by atoms with Gasteiger partial charge in [-0.25, -0.2) is 17.2 Å². The summed E-state index contributed by atoms with van der Waals surface area (Å²) < 4.78 is 58.8. The first-order valence-corrected chi connectivity index (χ1v) is 12.0. The summed E-state index contributed by atoms with van der Waals surface area (Å²) >= 11 is 0. The zero-order chi connectivity index (χ0) is 24.3. The first-order chi connectivity index (χ1) is 16.2. The van der Waals surface area contributed by atoms with E-state index in [2.05, 4.69) is 10.0 Å². The molecule has 1 fully saturated rings. The van der Waals surface area contributed by atoms with Crippen LogP contribution in [0.15, 0.2) is 70.2 Å². The van der Waals surface area contributed by atoms with E-state index in [0.29, 0.717) is 24.7 Å². The van der Waals surface area contributed by atoms with Gasteiger partial charge < -0.3 is 14.6 Å². The van der Waals surface area contributed by atoms with E-state index in [4.69, 9.17) is 4.42 Å². The van der Waals surface area contributed by atoms with Crippen molar-refractivity contribution in [2.24, 2.45) is 0 Å². The van der Waals surface area contributed by atoms with Crippen molar-refractivity contribution in [3.63, 3.8) is 0 Å². The van der Waals surface area contributed by atoms with E-state index in [9.17, 15) is 26.8 Å². The number of nitrogens with one attached hydrogen (secondary N) is 2. The average molecular weight is 490 g/mol.